The lowest BCUT2D eigenvalue weighted by molar-refractivity contribution is 0.380. The van der Waals surface area contributed by atoms with Gasteiger partial charge in [-0.05, 0) is 50.0 Å². The van der Waals surface area contributed by atoms with Gasteiger partial charge < -0.3 is 5.73 Å². The van der Waals surface area contributed by atoms with Crippen LogP contribution in [-0.2, 0) is 6.42 Å². The van der Waals surface area contributed by atoms with E-state index in [4.69, 9.17) is 5.73 Å². The molecular formula is C15H23N. The lowest BCUT2D eigenvalue weighted by Gasteiger charge is -2.23. The van der Waals surface area contributed by atoms with Crippen LogP contribution in [0, 0.1) is 5.92 Å². The van der Waals surface area contributed by atoms with Crippen LogP contribution < -0.4 is 5.73 Å². The van der Waals surface area contributed by atoms with Crippen LogP contribution in [0.15, 0.2) is 30.3 Å². The molecule has 1 saturated carbocycles. The van der Waals surface area contributed by atoms with E-state index in [9.17, 15) is 0 Å². The summed E-state index contributed by atoms with van der Waals surface area (Å²) in [6.07, 6.45) is 7.36. The summed E-state index contributed by atoms with van der Waals surface area (Å²) >= 11 is 0. The molecule has 1 nitrogen and oxygen atoms in total. The van der Waals surface area contributed by atoms with Crippen molar-refractivity contribution < 1.29 is 0 Å². The minimum absolute atomic E-state index is 0.147. The van der Waals surface area contributed by atoms with Gasteiger partial charge >= 0.3 is 0 Å². The summed E-state index contributed by atoms with van der Waals surface area (Å²) in [6, 6.07) is 10.7. The standard InChI is InChI=1S/C15H23N/c1-13-9-11-15(16,12-13)10-5-8-14-6-3-2-4-7-14/h2-4,6-7,13H,5,8-12,16H2,1H3. The Labute approximate surface area is 99.0 Å². The molecule has 1 heteroatoms. The smallest absolute Gasteiger partial charge is 0.0157 e. The van der Waals surface area contributed by atoms with E-state index in [1.165, 1.54) is 44.1 Å². The molecule has 1 aliphatic carbocycles. The van der Waals surface area contributed by atoms with Gasteiger partial charge in [-0.3, -0.25) is 0 Å². The molecule has 0 aromatic heterocycles. The summed E-state index contributed by atoms with van der Waals surface area (Å²) in [4.78, 5) is 0. The molecule has 1 aliphatic rings. The number of benzene rings is 1. The van der Waals surface area contributed by atoms with Crippen molar-refractivity contribution in [2.24, 2.45) is 11.7 Å². The highest BCUT2D eigenvalue weighted by Gasteiger charge is 2.32. The third-order valence-electron chi connectivity index (χ3n) is 3.87. The zero-order chi connectivity index (χ0) is 11.4. The average Bonchev–Trinajstić information content (AvgIpc) is 2.60. The first-order valence-corrected chi connectivity index (χ1v) is 6.51. The molecule has 0 amide bonds. The van der Waals surface area contributed by atoms with Crippen LogP contribution in [0.3, 0.4) is 0 Å². The third kappa shape index (κ3) is 3.08. The maximum atomic E-state index is 6.41. The third-order valence-corrected chi connectivity index (χ3v) is 3.87. The molecule has 0 radical (unpaired) electrons. The second kappa shape index (κ2) is 5.01. The Morgan fingerprint density at radius 2 is 2.06 bits per heavy atom. The molecule has 0 spiro atoms. The molecule has 0 heterocycles. The van der Waals surface area contributed by atoms with Gasteiger partial charge in [0.2, 0.25) is 0 Å². The summed E-state index contributed by atoms with van der Waals surface area (Å²) in [5, 5.41) is 0. The fourth-order valence-electron chi connectivity index (χ4n) is 2.95. The van der Waals surface area contributed by atoms with Crippen LogP contribution in [0.5, 0.6) is 0 Å². The van der Waals surface area contributed by atoms with Crippen molar-refractivity contribution in [3.63, 3.8) is 0 Å². The highest BCUT2D eigenvalue weighted by Crippen LogP contribution is 2.35. The molecule has 2 unspecified atom stereocenters. The molecule has 0 saturated heterocycles. The number of hydrogen-bond donors (Lipinski definition) is 1. The molecule has 1 aromatic carbocycles. The van der Waals surface area contributed by atoms with Gasteiger partial charge in [-0.25, -0.2) is 0 Å². The number of aryl methyl sites for hydroxylation is 1. The van der Waals surface area contributed by atoms with Gasteiger partial charge in [0.15, 0.2) is 0 Å². The highest BCUT2D eigenvalue weighted by atomic mass is 14.8. The van der Waals surface area contributed by atoms with E-state index in [1.807, 2.05) is 0 Å². The molecule has 0 bridgehead atoms. The maximum Gasteiger partial charge on any atom is 0.0157 e. The number of rotatable bonds is 4. The van der Waals surface area contributed by atoms with Crippen molar-refractivity contribution >= 4 is 0 Å². The predicted molar refractivity (Wildman–Crippen MR) is 69.3 cm³/mol. The van der Waals surface area contributed by atoms with Crippen molar-refractivity contribution in [2.75, 3.05) is 0 Å². The Bertz CT molecular complexity index is 319. The summed E-state index contributed by atoms with van der Waals surface area (Å²) < 4.78 is 0. The van der Waals surface area contributed by atoms with Crippen molar-refractivity contribution in [3.05, 3.63) is 35.9 Å². The van der Waals surface area contributed by atoms with Gasteiger partial charge in [0.25, 0.3) is 0 Å². The van der Waals surface area contributed by atoms with Crippen LogP contribution in [0.2, 0.25) is 0 Å². The molecule has 1 fully saturated rings. The topological polar surface area (TPSA) is 26.0 Å². The van der Waals surface area contributed by atoms with Crippen molar-refractivity contribution in [3.8, 4) is 0 Å². The van der Waals surface area contributed by atoms with E-state index in [1.54, 1.807) is 0 Å². The Morgan fingerprint density at radius 3 is 2.69 bits per heavy atom. The van der Waals surface area contributed by atoms with Gasteiger partial charge in [-0.1, -0.05) is 37.3 Å². The minimum Gasteiger partial charge on any atom is -0.325 e. The second-order valence-electron chi connectivity index (χ2n) is 5.55. The molecule has 2 N–H and O–H groups in total. The van der Waals surface area contributed by atoms with E-state index < -0.39 is 0 Å². The monoisotopic (exact) mass is 217 g/mol. The van der Waals surface area contributed by atoms with E-state index in [0.717, 1.165) is 5.92 Å². The predicted octanol–water partition coefficient (Wildman–Crippen LogP) is 3.53. The summed E-state index contributed by atoms with van der Waals surface area (Å²) in [5.74, 6) is 0.835. The molecule has 2 atom stereocenters. The Kier molecular flexibility index (Phi) is 3.65. The summed E-state index contributed by atoms with van der Waals surface area (Å²) in [5.41, 5.74) is 8.00. The zero-order valence-electron chi connectivity index (χ0n) is 10.3. The van der Waals surface area contributed by atoms with E-state index in [-0.39, 0.29) is 5.54 Å². The van der Waals surface area contributed by atoms with Gasteiger partial charge in [-0.2, -0.15) is 0 Å². The fraction of sp³-hybridized carbons (Fsp3) is 0.600. The van der Waals surface area contributed by atoms with E-state index >= 15 is 0 Å². The van der Waals surface area contributed by atoms with E-state index in [2.05, 4.69) is 37.3 Å². The van der Waals surface area contributed by atoms with Gasteiger partial charge in [0, 0.05) is 5.54 Å². The molecule has 1 aromatic rings. The Balaban J connectivity index is 1.76. The van der Waals surface area contributed by atoms with Crippen LogP contribution in [0.25, 0.3) is 0 Å². The van der Waals surface area contributed by atoms with Gasteiger partial charge in [0.1, 0.15) is 0 Å². The normalized spacial score (nSPS) is 29.5. The fourth-order valence-corrected chi connectivity index (χ4v) is 2.95. The first kappa shape index (κ1) is 11.7. The van der Waals surface area contributed by atoms with Gasteiger partial charge in [-0.15, -0.1) is 0 Å². The summed E-state index contributed by atoms with van der Waals surface area (Å²) in [7, 11) is 0. The maximum absolute atomic E-state index is 6.41. The van der Waals surface area contributed by atoms with Crippen LogP contribution >= 0.6 is 0 Å². The molecule has 16 heavy (non-hydrogen) atoms. The van der Waals surface area contributed by atoms with Crippen LogP contribution in [0.1, 0.15) is 44.6 Å². The molecular weight excluding hydrogens is 194 g/mol. The quantitative estimate of drug-likeness (QED) is 0.820. The average molecular weight is 217 g/mol. The second-order valence-corrected chi connectivity index (χ2v) is 5.55. The highest BCUT2D eigenvalue weighted by molar-refractivity contribution is 5.14. The number of nitrogens with two attached hydrogens (primary N) is 1. The first-order valence-electron chi connectivity index (χ1n) is 6.51. The van der Waals surface area contributed by atoms with Crippen LogP contribution in [0.4, 0.5) is 0 Å². The minimum atomic E-state index is 0.147. The van der Waals surface area contributed by atoms with Crippen molar-refractivity contribution in [1.82, 2.24) is 0 Å². The largest absolute Gasteiger partial charge is 0.325 e. The van der Waals surface area contributed by atoms with Crippen molar-refractivity contribution in [1.29, 1.82) is 0 Å². The number of hydrogen-bond acceptors (Lipinski definition) is 1. The lowest BCUT2D eigenvalue weighted by atomic mass is 9.90. The zero-order valence-corrected chi connectivity index (χ0v) is 10.3. The SMILES string of the molecule is CC1CCC(N)(CCCc2ccccc2)C1. The van der Waals surface area contributed by atoms with Crippen molar-refractivity contribution in [2.45, 2.75) is 51.0 Å². The molecule has 2 rings (SSSR count). The van der Waals surface area contributed by atoms with Crippen LogP contribution in [-0.4, -0.2) is 5.54 Å². The molecule has 0 aliphatic heterocycles. The Morgan fingerprint density at radius 1 is 1.31 bits per heavy atom. The molecule has 88 valence electrons. The van der Waals surface area contributed by atoms with E-state index in [0.29, 0.717) is 0 Å². The first-order chi connectivity index (χ1) is 7.68. The Hall–Kier alpha value is -0.820. The summed E-state index contributed by atoms with van der Waals surface area (Å²) in [6.45, 7) is 2.33. The van der Waals surface area contributed by atoms with Gasteiger partial charge in [0.05, 0.1) is 0 Å². The lowest BCUT2D eigenvalue weighted by Crippen LogP contribution is -2.36.